The van der Waals surface area contributed by atoms with E-state index in [-0.39, 0.29) is 30.8 Å². The van der Waals surface area contributed by atoms with E-state index in [9.17, 15) is 18.0 Å². The first kappa shape index (κ1) is 21.2. The van der Waals surface area contributed by atoms with Gasteiger partial charge in [0.05, 0.1) is 12.1 Å². The summed E-state index contributed by atoms with van der Waals surface area (Å²) in [5, 5.41) is 2.89. The SMILES string of the molecule is C[C@H](NC(=O)N(Cc1ccc(F)cc1)[C@@H]1CCN(C)C[C@@H]1F)c1ccc(F)cc1. The molecule has 1 aliphatic rings. The molecule has 1 aliphatic heterocycles. The Morgan fingerprint density at radius 3 is 2.31 bits per heavy atom. The molecular weight excluding hydrogens is 379 g/mol. The van der Waals surface area contributed by atoms with Gasteiger partial charge in [-0.25, -0.2) is 18.0 Å². The van der Waals surface area contributed by atoms with E-state index in [1.165, 1.54) is 29.2 Å². The monoisotopic (exact) mass is 405 g/mol. The van der Waals surface area contributed by atoms with Crippen molar-refractivity contribution in [1.29, 1.82) is 0 Å². The molecule has 0 saturated carbocycles. The van der Waals surface area contributed by atoms with Gasteiger partial charge in [-0.3, -0.25) is 0 Å². The minimum atomic E-state index is -1.18. The second-order valence-corrected chi connectivity index (χ2v) is 7.61. The van der Waals surface area contributed by atoms with Crippen LogP contribution in [0.15, 0.2) is 48.5 Å². The van der Waals surface area contributed by atoms with Gasteiger partial charge in [0.15, 0.2) is 0 Å². The van der Waals surface area contributed by atoms with E-state index < -0.39 is 18.2 Å². The number of amides is 2. The molecule has 0 radical (unpaired) electrons. The van der Waals surface area contributed by atoms with E-state index >= 15 is 0 Å². The third kappa shape index (κ3) is 5.50. The normalized spacial score (nSPS) is 20.9. The number of carbonyl (C=O) groups excluding carboxylic acids is 1. The number of alkyl halides is 1. The molecule has 1 saturated heterocycles. The molecule has 0 spiro atoms. The number of nitrogens with zero attached hydrogens (tertiary/aromatic N) is 2. The fourth-order valence-corrected chi connectivity index (χ4v) is 3.62. The molecule has 1 fully saturated rings. The lowest BCUT2D eigenvalue weighted by Gasteiger charge is -2.40. The van der Waals surface area contributed by atoms with Crippen molar-refractivity contribution in [3.05, 3.63) is 71.3 Å². The summed E-state index contributed by atoms with van der Waals surface area (Å²) < 4.78 is 41.2. The molecular formula is C22H26F3N3O. The van der Waals surface area contributed by atoms with Crippen LogP contribution in [0, 0.1) is 11.6 Å². The van der Waals surface area contributed by atoms with Gasteiger partial charge in [0, 0.05) is 19.6 Å². The fraction of sp³-hybridized carbons (Fsp3) is 0.409. The number of carbonyl (C=O) groups is 1. The zero-order valence-corrected chi connectivity index (χ0v) is 16.6. The topological polar surface area (TPSA) is 35.6 Å². The highest BCUT2D eigenvalue weighted by atomic mass is 19.1. The average molecular weight is 405 g/mol. The van der Waals surface area contributed by atoms with Gasteiger partial charge in [-0.2, -0.15) is 0 Å². The molecule has 2 amide bonds. The van der Waals surface area contributed by atoms with Gasteiger partial charge >= 0.3 is 6.03 Å². The molecule has 3 atom stereocenters. The zero-order chi connectivity index (χ0) is 21.0. The molecule has 2 aromatic carbocycles. The summed E-state index contributed by atoms with van der Waals surface area (Å²) in [5.74, 6) is -0.714. The molecule has 0 aliphatic carbocycles. The molecule has 0 aromatic heterocycles. The molecule has 4 nitrogen and oxygen atoms in total. The maximum absolute atomic E-state index is 14.8. The highest BCUT2D eigenvalue weighted by Crippen LogP contribution is 2.23. The molecule has 0 unspecified atom stereocenters. The van der Waals surface area contributed by atoms with Gasteiger partial charge in [-0.15, -0.1) is 0 Å². The number of hydrogen-bond acceptors (Lipinski definition) is 2. The summed E-state index contributed by atoms with van der Waals surface area (Å²) in [6.45, 7) is 2.91. The van der Waals surface area contributed by atoms with Crippen molar-refractivity contribution in [1.82, 2.24) is 15.1 Å². The quantitative estimate of drug-likeness (QED) is 0.806. The number of halogens is 3. The van der Waals surface area contributed by atoms with E-state index in [0.29, 0.717) is 13.0 Å². The Kier molecular flexibility index (Phi) is 6.79. The first-order valence-electron chi connectivity index (χ1n) is 9.73. The van der Waals surface area contributed by atoms with Crippen LogP contribution in [-0.2, 0) is 6.54 Å². The van der Waals surface area contributed by atoms with Crippen molar-refractivity contribution in [3.8, 4) is 0 Å². The van der Waals surface area contributed by atoms with Crippen molar-refractivity contribution in [2.75, 3.05) is 20.1 Å². The summed E-state index contributed by atoms with van der Waals surface area (Å²) in [5.41, 5.74) is 1.48. The standard InChI is InChI=1S/C22H26F3N3O/c1-15(17-5-9-19(24)10-6-17)26-22(29)28(13-16-3-7-18(23)8-4-16)21-11-12-27(2)14-20(21)25/h3-10,15,20-21H,11-14H2,1-2H3,(H,26,29)/t15-,20-,21+/m0/s1. The number of piperidine rings is 1. The van der Waals surface area contributed by atoms with Gasteiger partial charge in [-0.1, -0.05) is 24.3 Å². The van der Waals surface area contributed by atoms with Crippen LogP contribution < -0.4 is 5.32 Å². The molecule has 1 heterocycles. The lowest BCUT2D eigenvalue weighted by Crippen LogP contribution is -2.55. The first-order chi connectivity index (χ1) is 13.8. The Hall–Kier alpha value is -2.54. The number of rotatable bonds is 5. The van der Waals surface area contributed by atoms with Gasteiger partial charge in [-0.05, 0) is 55.8 Å². The molecule has 3 rings (SSSR count). The Balaban J connectivity index is 1.78. The van der Waals surface area contributed by atoms with Crippen LogP contribution in [0.3, 0.4) is 0 Å². The van der Waals surface area contributed by atoms with Crippen LogP contribution in [0.2, 0.25) is 0 Å². The molecule has 1 N–H and O–H groups in total. The number of hydrogen-bond donors (Lipinski definition) is 1. The maximum Gasteiger partial charge on any atom is 0.318 e. The lowest BCUT2D eigenvalue weighted by atomic mass is 10.0. The van der Waals surface area contributed by atoms with Gasteiger partial charge in [0.25, 0.3) is 0 Å². The average Bonchev–Trinajstić information content (AvgIpc) is 2.68. The van der Waals surface area contributed by atoms with Gasteiger partial charge < -0.3 is 15.1 Å². The van der Waals surface area contributed by atoms with E-state index in [2.05, 4.69) is 5.32 Å². The molecule has 0 bridgehead atoms. The van der Waals surface area contributed by atoms with Crippen LogP contribution in [-0.4, -0.2) is 48.2 Å². The van der Waals surface area contributed by atoms with Crippen molar-refractivity contribution in [3.63, 3.8) is 0 Å². The molecule has 156 valence electrons. The Morgan fingerprint density at radius 1 is 1.14 bits per heavy atom. The minimum Gasteiger partial charge on any atom is -0.331 e. The van der Waals surface area contributed by atoms with Crippen molar-refractivity contribution < 1.29 is 18.0 Å². The predicted octanol–water partition coefficient (Wildman–Crippen LogP) is 4.28. The molecule has 29 heavy (non-hydrogen) atoms. The Bertz CT molecular complexity index is 813. The van der Waals surface area contributed by atoms with Crippen molar-refractivity contribution in [2.24, 2.45) is 0 Å². The van der Waals surface area contributed by atoms with E-state index in [0.717, 1.165) is 11.1 Å². The van der Waals surface area contributed by atoms with E-state index in [1.807, 2.05) is 11.9 Å². The number of benzene rings is 2. The Morgan fingerprint density at radius 2 is 1.72 bits per heavy atom. The summed E-state index contributed by atoms with van der Waals surface area (Å²) >= 11 is 0. The fourth-order valence-electron chi connectivity index (χ4n) is 3.62. The van der Waals surface area contributed by atoms with Crippen LogP contribution in [0.4, 0.5) is 18.0 Å². The number of nitrogens with one attached hydrogen (secondary N) is 1. The molecule has 7 heteroatoms. The van der Waals surface area contributed by atoms with Crippen LogP contribution in [0.25, 0.3) is 0 Å². The smallest absolute Gasteiger partial charge is 0.318 e. The summed E-state index contributed by atoms with van der Waals surface area (Å²) in [4.78, 5) is 16.5. The maximum atomic E-state index is 14.8. The number of likely N-dealkylation sites (tertiary alicyclic amines) is 1. The van der Waals surface area contributed by atoms with Crippen molar-refractivity contribution >= 4 is 6.03 Å². The second-order valence-electron chi connectivity index (χ2n) is 7.61. The van der Waals surface area contributed by atoms with Gasteiger partial charge in [0.1, 0.15) is 17.8 Å². The van der Waals surface area contributed by atoms with Crippen LogP contribution in [0.5, 0.6) is 0 Å². The summed E-state index contributed by atoms with van der Waals surface area (Å²) in [6, 6.07) is 10.4. The first-order valence-corrected chi connectivity index (χ1v) is 9.73. The minimum absolute atomic E-state index is 0.178. The zero-order valence-electron chi connectivity index (χ0n) is 16.6. The van der Waals surface area contributed by atoms with Crippen LogP contribution >= 0.6 is 0 Å². The second kappa shape index (κ2) is 9.31. The van der Waals surface area contributed by atoms with Crippen LogP contribution in [0.1, 0.15) is 30.5 Å². The highest BCUT2D eigenvalue weighted by molar-refractivity contribution is 5.75. The largest absolute Gasteiger partial charge is 0.331 e. The molecule has 2 aromatic rings. The van der Waals surface area contributed by atoms with Crippen molar-refractivity contribution in [2.45, 2.75) is 38.1 Å². The highest BCUT2D eigenvalue weighted by Gasteiger charge is 2.35. The third-order valence-electron chi connectivity index (χ3n) is 5.35. The summed E-state index contributed by atoms with van der Waals surface area (Å²) in [7, 11) is 1.85. The third-order valence-corrected chi connectivity index (χ3v) is 5.35. The summed E-state index contributed by atoms with van der Waals surface area (Å²) in [6.07, 6.45) is -0.668. The predicted molar refractivity (Wildman–Crippen MR) is 106 cm³/mol. The van der Waals surface area contributed by atoms with E-state index in [4.69, 9.17) is 0 Å². The van der Waals surface area contributed by atoms with E-state index in [1.54, 1.807) is 31.2 Å². The number of urea groups is 1. The van der Waals surface area contributed by atoms with Gasteiger partial charge in [0.2, 0.25) is 0 Å². The lowest BCUT2D eigenvalue weighted by molar-refractivity contribution is 0.0565. The Labute approximate surface area is 169 Å².